The molecule has 1 fully saturated rings. The van der Waals surface area contributed by atoms with Gasteiger partial charge in [-0.1, -0.05) is 29.8 Å². The minimum atomic E-state index is -0.190. The Kier molecular flexibility index (Phi) is 6.83. The first-order chi connectivity index (χ1) is 17.4. The molecule has 7 heteroatoms. The Morgan fingerprint density at radius 1 is 1.06 bits per heavy atom. The zero-order valence-corrected chi connectivity index (χ0v) is 21.1. The Labute approximate surface area is 211 Å². The SMILES string of the molecule is Cc1ccc(-n2nc(C)c3c(C(=O)NCC4CCN(Cc5cccc(F)c5)CC4)cc(C)nc32)cc1. The van der Waals surface area contributed by atoms with Gasteiger partial charge in [0.15, 0.2) is 5.65 Å². The molecule has 5 rings (SSSR count). The fraction of sp³-hybridized carbons (Fsp3) is 0.345. The average Bonchev–Trinajstić information content (AvgIpc) is 3.19. The largest absolute Gasteiger partial charge is 0.352 e. The van der Waals surface area contributed by atoms with Gasteiger partial charge >= 0.3 is 0 Å². The summed E-state index contributed by atoms with van der Waals surface area (Å²) in [7, 11) is 0. The Morgan fingerprint density at radius 3 is 2.53 bits per heavy atom. The first-order valence-electron chi connectivity index (χ1n) is 12.6. The van der Waals surface area contributed by atoms with Crippen molar-refractivity contribution in [1.29, 1.82) is 0 Å². The van der Waals surface area contributed by atoms with Gasteiger partial charge in [-0.2, -0.15) is 5.10 Å². The van der Waals surface area contributed by atoms with Crippen molar-refractivity contribution in [2.45, 2.75) is 40.2 Å². The van der Waals surface area contributed by atoms with Crippen molar-refractivity contribution in [2.75, 3.05) is 19.6 Å². The third-order valence-electron chi connectivity index (χ3n) is 7.02. The molecule has 2 aromatic carbocycles. The van der Waals surface area contributed by atoms with Crippen LogP contribution in [-0.2, 0) is 6.54 Å². The van der Waals surface area contributed by atoms with Crippen LogP contribution < -0.4 is 5.32 Å². The highest BCUT2D eigenvalue weighted by Crippen LogP contribution is 2.25. The molecule has 0 atom stereocenters. The number of piperidine rings is 1. The molecule has 2 aromatic heterocycles. The maximum atomic E-state index is 13.5. The van der Waals surface area contributed by atoms with Crippen molar-refractivity contribution in [3.63, 3.8) is 0 Å². The van der Waals surface area contributed by atoms with E-state index in [4.69, 9.17) is 10.1 Å². The second-order valence-corrected chi connectivity index (χ2v) is 9.90. The molecule has 1 amide bonds. The summed E-state index contributed by atoms with van der Waals surface area (Å²) in [6.45, 7) is 9.17. The average molecular weight is 486 g/mol. The van der Waals surface area contributed by atoms with E-state index < -0.39 is 0 Å². The number of pyridine rings is 1. The Balaban J connectivity index is 1.25. The lowest BCUT2D eigenvalue weighted by Crippen LogP contribution is -2.38. The van der Waals surface area contributed by atoms with E-state index in [0.717, 1.165) is 60.5 Å². The normalized spacial score (nSPS) is 14.9. The Hall–Kier alpha value is -3.58. The van der Waals surface area contributed by atoms with E-state index in [-0.39, 0.29) is 11.7 Å². The molecule has 1 aliphatic heterocycles. The van der Waals surface area contributed by atoms with E-state index in [2.05, 4.69) is 17.1 Å². The number of amides is 1. The number of nitrogens with zero attached hydrogens (tertiary/aromatic N) is 4. The number of carbonyl (C=O) groups excluding carboxylic acids is 1. The quantitative estimate of drug-likeness (QED) is 0.411. The topological polar surface area (TPSA) is 63.1 Å². The summed E-state index contributed by atoms with van der Waals surface area (Å²) in [5.41, 5.74) is 5.99. The molecule has 0 aliphatic carbocycles. The number of hydrogen-bond donors (Lipinski definition) is 1. The lowest BCUT2D eigenvalue weighted by atomic mass is 9.96. The third-order valence-corrected chi connectivity index (χ3v) is 7.02. The molecule has 0 bridgehead atoms. The van der Waals surface area contributed by atoms with E-state index in [0.29, 0.717) is 23.7 Å². The smallest absolute Gasteiger partial charge is 0.252 e. The Bertz CT molecular complexity index is 1390. The molecular weight excluding hydrogens is 453 g/mol. The molecule has 0 radical (unpaired) electrons. The standard InChI is InChI=1S/C29H32FN5O/c1-19-7-9-25(10-8-19)35-28-27(21(3)33-35)26(15-20(2)32-28)29(36)31-17-22-11-13-34(14-12-22)18-23-5-4-6-24(30)16-23/h4-10,15-16,22H,11-14,17-18H2,1-3H3,(H,31,36). The van der Waals surface area contributed by atoms with E-state index in [1.807, 2.05) is 54.9 Å². The molecule has 1 N–H and O–H groups in total. The van der Waals surface area contributed by atoms with Crippen LogP contribution >= 0.6 is 0 Å². The van der Waals surface area contributed by atoms with Crippen LogP contribution in [0.3, 0.4) is 0 Å². The number of aromatic nitrogens is 3. The maximum absolute atomic E-state index is 13.5. The molecular formula is C29H32FN5O. The predicted octanol–water partition coefficient (Wildman–Crippen LogP) is 5.13. The van der Waals surface area contributed by atoms with Gasteiger partial charge in [-0.15, -0.1) is 0 Å². The number of carbonyl (C=O) groups is 1. The number of likely N-dealkylation sites (tertiary alicyclic amines) is 1. The van der Waals surface area contributed by atoms with Gasteiger partial charge in [0, 0.05) is 18.8 Å². The first-order valence-corrected chi connectivity index (χ1v) is 12.6. The second kappa shape index (κ2) is 10.2. The summed E-state index contributed by atoms with van der Waals surface area (Å²) in [6.07, 6.45) is 2.01. The number of aryl methyl sites for hydroxylation is 3. The number of nitrogens with one attached hydrogen (secondary N) is 1. The summed E-state index contributed by atoms with van der Waals surface area (Å²) in [5.74, 6) is 0.150. The van der Waals surface area contributed by atoms with Crippen LogP contribution in [0.4, 0.5) is 4.39 Å². The molecule has 1 aliphatic rings. The van der Waals surface area contributed by atoms with Gasteiger partial charge in [-0.05, 0) is 88.5 Å². The van der Waals surface area contributed by atoms with Crippen LogP contribution in [0.15, 0.2) is 54.6 Å². The van der Waals surface area contributed by atoms with E-state index >= 15 is 0 Å². The van der Waals surface area contributed by atoms with E-state index in [9.17, 15) is 9.18 Å². The van der Waals surface area contributed by atoms with Gasteiger partial charge < -0.3 is 5.32 Å². The van der Waals surface area contributed by atoms with Gasteiger partial charge in [0.2, 0.25) is 0 Å². The van der Waals surface area contributed by atoms with Crippen LogP contribution in [0.25, 0.3) is 16.7 Å². The second-order valence-electron chi connectivity index (χ2n) is 9.90. The summed E-state index contributed by atoms with van der Waals surface area (Å²) in [4.78, 5) is 20.4. The van der Waals surface area contributed by atoms with Crippen LogP contribution in [0.2, 0.25) is 0 Å². The lowest BCUT2D eigenvalue weighted by Gasteiger charge is -2.32. The van der Waals surface area contributed by atoms with Gasteiger partial charge in [-0.3, -0.25) is 9.69 Å². The number of benzene rings is 2. The summed E-state index contributed by atoms with van der Waals surface area (Å²) in [6, 6.07) is 16.8. The minimum Gasteiger partial charge on any atom is -0.352 e. The molecule has 0 unspecified atom stereocenters. The summed E-state index contributed by atoms with van der Waals surface area (Å²) in [5, 5.41) is 8.68. The van der Waals surface area contributed by atoms with E-state index in [1.165, 1.54) is 11.6 Å². The van der Waals surface area contributed by atoms with Crippen molar-refractivity contribution < 1.29 is 9.18 Å². The molecule has 0 saturated carbocycles. The molecule has 1 saturated heterocycles. The third kappa shape index (κ3) is 5.16. The van der Waals surface area contributed by atoms with Crippen molar-refractivity contribution in [3.8, 4) is 5.69 Å². The van der Waals surface area contributed by atoms with Crippen LogP contribution in [0.1, 0.15) is 45.7 Å². The van der Waals surface area contributed by atoms with Crippen molar-refractivity contribution in [3.05, 3.63) is 88.5 Å². The summed E-state index contributed by atoms with van der Waals surface area (Å²) < 4.78 is 15.3. The monoisotopic (exact) mass is 485 g/mol. The molecule has 4 aromatic rings. The van der Waals surface area contributed by atoms with Gasteiger partial charge in [0.1, 0.15) is 5.82 Å². The zero-order valence-electron chi connectivity index (χ0n) is 21.1. The molecule has 36 heavy (non-hydrogen) atoms. The summed E-state index contributed by atoms with van der Waals surface area (Å²) >= 11 is 0. The minimum absolute atomic E-state index is 0.0840. The fourth-order valence-corrected chi connectivity index (χ4v) is 5.03. The first kappa shape index (κ1) is 24.1. The van der Waals surface area contributed by atoms with Crippen LogP contribution in [0, 0.1) is 32.5 Å². The number of hydrogen-bond acceptors (Lipinski definition) is 4. The van der Waals surface area contributed by atoms with Gasteiger partial charge in [-0.25, -0.2) is 14.1 Å². The zero-order chi connectivity index (χ0) is 25.2. The fourth-order valence-electron chi connectivity index (χ4n) is 5.03. The molecule has 0 spiro atoms. The van der Waals surface area contributed by atoms with Gasteiger partial charge in [0.05, 0.1) is 22.3 Å². The lowest BCUT2D eigenvalue weighted by molar-refractivity contribution is 0.0936. The number of rotatable bonds is 6. The van der Waals surface area contributed by atoms with Crippen LogP contribution in [0.5, 0.6) is 0 Å². The molecule has 186 valence electrons. The number of halogens is 1. The van der Waals surface area contributed by atoms with Crippen molar-refractivity contribution in [2.24, 2.45) is 5.92 Å². The van der Waals surface area contributed by atoms with Crippen LogP contribution in [-0.4, -0.2) is 45.2 Å². The highest BCUT2D eigenvalue weighted by molar-refractivity contribution is 6.06. The molecule has 6 nitrogen and oxygen atoms in total. The highest BCUT2D eigenvalue weighted by atomic mass is 19.1. The molecule has 3 heterocycles. The Morgan fingerprint density at radius 2 is 1.81 bits per heavy atom. The van der Waals surface area contributed by atoms with Gasteiger partial charge in [0.25, 0.3) is 5.91 Å². The maximum Gasteiger partial charge on any atom is 0.252 e. The predicted molar refractivity (Wildman–Crippen MR) is 140 cm³/mol. The highest BCUT2D eigenvalue weighted by Gasteiger charge is 2.23. The van der Waals surface area contributed by atoms with Crippen molar-refractivity contribution >= 4 is 16.9 Å². The number of fused-ring (bicyclic) bond motifs is 1. The van der Waals surface area contributed by atoms with E-state index in [1.54, 1.807) is 12.1 Å². The van der Waals surface area contributed by atoms with Crippen molar-refractivity contribution in [1.82, 2.24) is 25.0 Å².